The molecule has 0 N–H and O–H groups in total. The van der Waals surface area contributed by atoms with Gasteiger partial charge in [0, 0.05) is 13.1 Å². The first-order valence-corrected chi connectivity index (χ1v) is 12.4. The number of benzene rings is 4. The van der Waals surface area contributed by atoms with E-state index in [1.165, 1.54) is 4.31 Å². The van der Waals surface area contributed by atoms with Gasteiger partial charge in [-0.2, -0.15) is 4.31 Å². The minimum Gasteiger partial charge on any atom is -0.497 e. The van der Waals surface area contributed by atoms with E-state index in [2.05, 4.69) is 0 Å². The average molecular weight is 474 g/mol. The Morgan fingerprint density at radius 1 is 0.618 bits per heavy atom. The van der Waals surface area contributed by atoms with Gasteiger partial charge in [0.05, 0.1) is 12.0 Å². The summed E-state index contributed by atoms with van der Waals surface area (Å²) in [5.74, 6) is 1.35. The minimum atomic E-state index is -3.73. The SMILES string of the molecule is COc1ccc(S(=O)(=O)N(Cc2ccccc2)Cc2ccc(OCc3ccccc3)cc2)cc1. The number of hydrogen-bond acceptors (Lipinski definition) is 4. The molecule has 0 amide bonds. The van der Waals surface area contributed by atoms with Crippen molar-refractivity contribution in [1.29, 1.82) is 0 Å². The first-order valence-electron chi connectivity index (χ1n) is 11.0. The highest BCUT2D eigenvalue weighted by Gasteiger charge is 2.25. The predicted molar refractivity (Wildman–Crippen MR) is 133 cm³/mol. The summed E-state index contributed by atoms with van der Waals surface area (Å²) in [6, 6.07) is 33.6. The molecule has 174 valence electrons. The Morgan fingerprint density at radius 2 is 1.12 bits per heavy atom. The van der Waals surface area contributed by atoms with Crippen molar-refractivity contribution in [1.82, 2.24) is 4.31 Å². The Kier molecular flexibility index (Phi) is 7.62. The van der Waals surface area contributed by atoms with E-state index in [-0.39, 0.29) is 18.0 Å². The van der Waals surface area contributed by atoms with Crippen molar-refractivity contribution in [3.05, 3.63) is 126 Å². The molecule has 0 aromatic heterocycles. The van der Waals surface area contributed by atoms with Crippen molar-refractivity contribution in [2.45, 2.75) is 24.6 Å². The first kappa shape index (κ1) is 23.5. The molecule has 0 bridgehead atoms. The maximum atomic E-state index is 13.5. The average Bonchev–Trinajstić information content (AvgIpc) is 2.89. The molecule has 0 heterocycles. The second-order valence-electron chi connectivity index (χ2n) is 7.85. The molecule has 4 rings (SSSR count). The third-order valence-electron chi connectivity index (χ3n) is 5.43. The number of hydrogen-bond donors (Lipinski definition) is 0. The van der Waals surface area contributed by atoms with Gasteiger partial charge < -0.3 is 9.47 Å². The van der Waals surface area contributed by atoms with E-state index < -0.39 is 10.0 Å². The summed E-state index contributed by atoms with van der Waals surface area (Å²) in [6.45, 7) is 0.982. The van der Waals surface area contributed by atoms with Crippen LogP contribution >= 0.6 is 0 Å². The van der Waals surface area contributed by atoms with Crippen LogP contribution in [0.15, 0.2) is 114 Å². The Morgan fingerprint density at radius 3 is 1.68 bits per heavy atom. The number of sulfonamides is 1. The Bertz CT molecular complexity index is 1270. The molecule has 5 nitrogen and oxygen atoms in total. The molecule has 4 aromatic carbocycles. The maximum Gasteiger partial charge on any atom is 0.243 e. The third kappa shape index (κ3) is 6.04. The molecule has 34 heavy (non-hydrogen) atoms. The predicted octanol–water partition coefficient (Wildman–Crippen LogP) is 5.67. The lowest BCUT2D eigenvalue weighted by Crippen LogP contribution is -2.30. The summed E-state index contributed by atoms with van der Waals surface area (Å²) >= 11 is 0. The third-order valence-corrected chi connectivity index (χ3v) is 7.24. The zero-order chi connectivity index (χ0) is 23.8. The number of rotatable bonds is 10. The molecular weight excluding hydrogens is 446 g/mol. The zero-order valence-corrected chi connectivity index (χ0v) is 19.8. The van der Waals surface area contributed by atoms with Gasteiger partial charge in [-0.05, 0) is 53.1 Å². The Hall–Kier alpha value is -3.61. The van der Waals surface area contributed by atoms with Gasteiger partial charge in [-0.15, -0.1) is 0 Å². The summed E-state index contributed by atoms with van der Waals surface area (Å²) in [7, 11) is -2.18. The highest BCUT2D eigenvalue weighted by molar-refractivity contribution is 7.89. The minimum absolute atomic E-state index is 0.229. The van der Waals surface area contributed by atoms with Gasteiger partial charge in [0.2, 0.25) is 10.0 Å². The van der Waals surface area contributed by atoms with E-state index in [1.807, 2.05) is 84.9 Å². The largest absolute Gasteiger partial charge is 0.497 e. The van der Waals surface area contributed by atoms with Crippen LogP contribution in [0.3, 0.4) is 0 Å². The van der Waals surface area contributed by atoms with Crippen LogP contribution in [0.1, 0.15) is 16.7 Å². The van der Waals surface area contributed by atoms with E-state index in [4.69, 9.17) is 9.47 Å². The van der Waals surface area contributed by atoms with Gasteiger partial charge in [-0.1, -0.05) is 72.8 Å². The van der Waals surface area contributed by atoms with Crippen LogP contribution in [-0.2, 0) is 29.7 Å². The normalized spacial score (nSPS) is 11.4. The fourth-order valence-corrected chi connectivity index (χ4v) is 4.96. The van der Waals surface area contributed by atoms with E-state index in [1.54, 1.807) is 31.4 Å². The van der Waals surface area contributed by atoms with Crippen molar-refractivity contribution in [3.8, 4) is 11.5 Å². The van der Waals surface area contributed by atoms with Gasteiger partial charge in [0.15, 0.2) is 0 Å². The molecule has 0 atom stereocenters. The highest BCUT2D eigenvalue weighted by atomic mass is 32.2. The van der Waals surface area contributed by atoms with Crippen LogP contribution in [0.2, 0.25) is 0 Å². The summed E-state index contributed by atoms with van der Waals surface area (Å²) in [5, 5.41) is 0. The molecule has 0 fully saturated rings. The topological polar surface area (TPSA) is 55.8 Å². The summed E-state index contributed by atoms with van der Waals surface area (Å²) < 4.78 is 39.6. The smallest absolute Gasteiger partial charge is 0.243 e. The summed E-state index contributed by atoms with van der Waals surface area (Å²) in [6.07, 6.45) is 0. The molecule has 0 spiro atoms. The van der Waals surface area contributed by atoms with Crippen molar-refractivity contribution in [2.75, 3.05) is 7.11 Å². The van der Waals surface area contributed by atoms with Crippen LogP contribution in [0.4, 0.5) is 0 Å². The quantitative estimate of drug-likeness (QED) is 0.298. The van der Waals surface area contributed by atoms with Crippen molar-refractivity contribution < 1.29 is 17.9 Å². The second-order valence-corrected chi connectivity index (χ2v) is 9.79. The van der Waals surface area contributed by atoms with E-state index in [0.29, 0.717) is 12.4 Å². The molecule has 0 aliphatic heterocycles. The van der Waals surface area contributed by atoms with Crippen LogP contribution in [-0.4, -0.2) is 19.8 Å². The molecule has 0 aliphatic carbocycles. The lowest BCUT2D eigenvalue weighted by molar-refractivity contribution is 0.306. The maximum absolute atomic E-state index is 13.5. The fourth-order valence-electron chi connectivity index (χ4n) is 3.55. The first-order chi connectivity index (χ1) is 16.5. The van der Waals surface area contributed by atoms with Gasteiger partial charge in [0.1, 0.15) is 18.1 Å². The van der Waals surface area contributed by atoms with Crippen LogP contribution < -0.4 is 9.47 Å². The van der Waals surface area contributed by atoms with Gasteiger partial charge in [-0.3, -0.25) is 0 Å². The van der Waals surface area contributed by atoms with Crippen molar-refractivity contribution in [3.63, 3.8) is 0 Å². The standard InChI is InChI=1S/C28H27NO4S/c1-32-26-16-18-28(19-17-26)34(30,31)29(20-23-8-4-2-5-9-23)21-24-12-14-27(15-13-24)33-22-25-10-6-3-7-11-25/h2-19H,20-22H2,1H3. The van der Waals surface area contributed by atoms with Crippen LogP contribution in [0.25, 0.3) is 0 Å². The van der Waals surface area contributed by atoms with Gasteiger partial charge >= 0.3 is 0 Å². The van der Waals surface area contributed by atoms with Crippen LogP contribution in [0.5, 0.6) is 11.5 Å². The summed E-state index contributed by atoms with van der Waals surface area (Å²) in [4.78, 5) is 0.229. The molecule has 0 unspecified atom stereocenters. The molecule has 0 saturated heterocycles. The number of nitrogens with zero attached hydrogens (tertiary/aromatic N) is 1. The van der Waals surface area contributed by atoms with E-state index in [0.717, 1.165) is 22.4 Å². The number of ether oxygens (including phenoxy) is 2. The zero-order valence-electron chi connectivity index (χ0n) is 19.0. The summed E-state index contributed by atoms with van der Waals surface area (Å²) in [5.41, 5.74) is 2.88. The van der Waals surface area contributed by atoms with Crippen molar-refractivity contribution >= 4 is 10.0 Å². The molecular formula is C28H27NO4S. The van der Waals surface area contributed by atoms with Gasteiger partial charge in [-0.25, -0.2) is 8.42 Å². The molecule has 0 saturated carbocycles. The fraction of sp³-hybridized carbons (Fsp3) is 0.143. The van der Waals surface area contributed by atoms with E-state index in [9.17, 15) is 8.42 Å². The lowest BCUT2D eigenvalue weighted by Gasteiger charge is -2.23. The molecule has 6 heteroatoms. The van der Waals surface area contributed by atoms with Crippen LogP contribution in [0, 0.1) is 0 Å². The van der Waals surface area contributed by atoms with Gasteiger partial charge in [0.25, 0.3) is 0 Å². The van der Waals surface area contributed by atoms with Crippen molar-refractivity contribution in [2.24, 2.45) is 0 Å². The molecule has 0 radical (unpaired) electrons. The molecule has 0 aliphatic rings. The highest BCUT2D eigenvalue weighted by Crippen LogP contribution is 2.24. The number of methoxy groups -OCH3 is 1. The lowest BCUT2D eigenvalue weighted by atomic mass is 10.2. The van der Waals surface area contributed by atoms with E-state index >= 15 is 0 Å². The molecule has 4 aromatic rings. The monoisotopic (exact) mass is 473 g/mol. The second kappa shape index (κ2) is 11.0. The Labute approximate surface area is 201 Å². The Balaban J connectivity index is 1.53.